The third-order valence-electron chi connectivity index (χ3n) is 2.13. The second-order valence-corrected chi connectivity index (χ2v) is 4.85. The number of nitrogens with zero attached hydrogens (tertiary/aromatic N) is 3. The first kappa shape index (κ1) is 10.2. The molecule has 0 aliphatic heterocycles. The van der Waals surface area contributed by atoms with Crippen molar-refractivity contribution < 1.29 is 5.11 Å². The topological polar surface area (TPSA) is 50.9 Å². The van der Waals surface area contributed by atoms with Gasteiger partial charge in [-0.15, -0.1) is 0 Å². The Hall–Kier alpha value is -1.29. The Bertz CT molecular complexity index is 513. The Morgan fingerprint density at radius 3 is 2.67 bits per heavy atom. The summed E-state index contributed by atoms with van der Waals surface area (Å²) in [6.07, 6.45) is 1.52. The smallest absolute Gasteiger partial charge is 0.296 e. The van der Waals surface area contributed by atoms with Crippen molar-refractivity contribution in [3.8, 4) is 6.01 Å². The zero-order chi connectivity index (χ0) is 11.2. The molecule has 0 spiro atoms. The average Bonchev–Trinajstić information content (AvgIpc) is 2.38. The van der Waals surface area contributed by atoms with Crippen molar-refractivity contribution in [2.75, 3.05) is 0 Å². The molecule has 1 N–H and O–H groups in total. The largest absolute Gasteiger partial charge is 0.480 e. The minimum Gasteiger partial charge on any atom is -0.480 e. The van der Waals surface area contributed by atoms with Crippen LogP contribution in [0.25, 0.3) is 11.2 Å². The monoisotopic (exact) mass is 225 g/mol. The lowest BCUT2D eigenvalue weighted by atomic mass is 10.1. The number of rotatable bonds is 0. The van der Waals surface area contributed by atoms with E-state index in [-0.39, 0.29) is 11.5 Å². The van der Waals surface area contributed by atoms with E-state index in [1.165, 1.54) is 6.20 Å². The molecule has 0 fully saturated rings. The van der Waals surface area contributed by atoms with Crippen molar-refractivity contribution >= 4 is 22.8 Å². The van der Waals surface area contributed by atoms with Crippen LogP contribution in [0.1, 0.15) is 20.8 Å². The van der Waals surface area contributed by atoms with Gasteiger partial charge in [0.05, 0.1) is 10.5 Å². The molecule has 15 heavy (non-hydrogen) atoms. The first-order chi connectivity index (χ1) is 6.89. The minimum atomic E-state index is -0.259. The van der Waals surface area contributed by atoms with Crippen LogP contribution in [-0.2, 0) is 5.54 Å². The van der Waals surface area contributed by atoms with E-state index in [1.54, 1.807) is 10.6 Å². The Morgan fingerprint density at radius 1 is 1.40 bits per heavy atom. The molecule has 0 unspecified atom stereocenters. The molecule has 2 heterocycles. The van der Waals surface area contributed by atoms with Gasteiger partial charge in [0.15, 0.2) is 5.65 Å². The summed E-state index contributed by atoms with van der Waals surface area (Å²) in [5.41, 5.74) is 0.991. The molecular formula is C10H12ClN3O. The number of imidazole rings is 1. The van der Waals surface area contributed by atoms with Gasteiger partial charge in [0.2, 0.25) is 0 Å². The molecule has 2 aromatic heterocycles. The van der Waals surface area contributed by atoms with E-state index in [0.717, 1.165) is 5.52 Å². The van der Waals surface area contributed by atoms with Crippen LogP contribution in [0.4, 0.5) is 0 Å². The van der Waals surface area contributed by atoms with Gasteiger partial charge in [-0.3, -0.25) is 4.57 Å². The van der Waals surface area contributed by atoms with Crippen molar-refractivity contribution in [3.05, 3.63) is 17.3 Å². The van der Waals surface area contributed by atoms with E-state index in [1.807, 2.05) is 20.8 Å². The summed E-state index contributed by atoms with van der Waals surface area (Å²) < 4.78 is 1.71. The molecule has 5 heteroatoms. The van der Waals surface area contributed by atoms with E-state index in [9.17, 15) is 5.11 Å². The summed E-state index contributed by atoms with van der Waals surface area (Å²) in [7, 11) is 0. The van der Waals surface area contributed by atoms with Gasteiger partial charge >= 0.3 is 0 Å². The number of aromatic hydroxyl groups is 1. The lowest BCUT2D eigenvalue weighted by Crippen LogP contribution is -2.21. The predicted molar refractivity (Wildman–Crippen MR) is 59.2 cm³/mol. The van der Waals surface area contributed by atoms with Crippen LogP contribution in [0.2, 0.25) is 5.02 Å². The molecule has 0 aliphatic rings. The number of halogens is 1. The zero-order valence-corrected chi connectivity index (χ0v) is 9.58. The molecule has 0 radical (unpaired) electrons. The molecule has 2 rings (SSSR count). The van der Waals surface area contributed by atoms with Crippen molar-refractivity contribution in [1.82, 2.24) is 14.5 Å². The molecule has 0 aromatic carbocycles. The normalized spacial score (nSPS) is 12.3. The van der Waals surface area contributed by atoms with Gasteiger partial charge in [0.25, 0.3) is 6.01 Å². The summed E-state index contributed by atoms with van der Waals surface area (Å²) in [6, 6.07) is 1.72. The first-order valence-corrected chi connectivity index (χ1v) is 5.01. The molecular weight excluding hydrogens is 214 g/mol. The van der Waals surface area contributed by atoms with Crippen LogP contribution in [0, 0.1) is 0 Å². The van der Waals surface area contributed by atoms with Crippen LogP contribution in [0.3, 0.4) is 0 Å². The van der Waals surface area contributed by atoms with E-state index < -0.39 is 0 Å². The quantitative estimate of drug-likeness (QED) is 0.750. The highest BCUT2D eigenvalue weighted by Crippen LogP contribution is 2.28. The summed E-state index contributed by atoms with van der Waals surface area (Å²) in [5, 5.41) is 10.3. The number of aromatic nitrogens is 3. The van der Waals surface area contributed by atoms with Gasteiger partial charge in [-0.1, -0.05) is 11.6 Å². The van der Waals surface area contributed by atoms with E-state index >= 15 is 0 Å². The lowest BCUT2D eigenvalue weighted by molar-refractivity contribution is 0.324. The molecule has 0 saturated heterocycles. The van der Waals surface area contributed by atoms with Crippen LogP contribution < -0.4 is 0 Å². The maximum Gasteiger partial charge on any atom is 0.296 e. The zero-order valence-electron chi connectivity index (χ0n) is 8.82. The van der Waals surface area contributed by atoms with Gasteiger partial charge in [-0.05, 0) is 26.8 Å². The molecule has 0 bridgehead atoms. The van der Waals surface area contributed by atoms with Crippen molar-refractivity contribution in [1.29, 1.82) is 0 Å². The fourth-order valence-electron chi connectivity index (χ4n) is 1.59. The highest BCUT2D eigenvalue weighted by atomic mass is 35.5. The first-order valence-electron chi connectivity index (χ1n) is 4.63. The van der Waals surface area contributed by atoms with E-state index in [4.69, 9.17) is 11.6 Å². The van der Waals surface area contributed by atoms with Crippen molar-refractivity contribution in [3.63, 3.8) is 0 Å². The van der Waals surface area contributed by atoms with Gasteiger partial charge < -0.3 is 5.11 Å². The molecule has 0 amide bonds. The Balaban J connectivity index is 2.82. The number of hydrogen-bond donors (Lipinski definition) is 1. The molecule has 0 aliphatic carbocycles. The van der Waals surface area contributed by atoms with Gasteiger partial charge in [-0.25, -0.2) is 4.98 Å². The SMILES string of the molecule is CC(C)(C)n1c(O)nc2ncc(Cl)cc21. The predicted octanol–water partition coefficient (Wildman–Crippen LogP) is 2.55. The number of hydrogen-bond acceptors (Lipinski definition) is 3. The fourth-order valence-corrected chi connectivity index (χ4v) is 1.74. The average molecular weight is 226 g/mol. The summed E-state index contributed by atoms with van der Waals surface area (Å²) in [6.45, 7) is 5.94. The summed E-state index contributed by atoms with van der Waals surface area (Å²) >= 11 is 5.86. The molecule has 4 nitrogen and oxygen atoms in total. The highest BCUT2D eigenvalue weighted by Gasteiger charge is 2.21. The molecule has 80 valence electrons. The third-order valence-corrected chi connectivity index (χ3v) is 2.34. The van der Waals surface area contributed by atoms with Crippen LogP contribution in [0.15, 0.2) is 12.3 Å². The number of pyridine rings is 1. The van der Waals surface area contributed by atoms with Gasteiger partial charge in [-0.2, -0.15) is 4.98 Å². The molecule has 0 saturated carbocycles. The maximum atomic E-state index is 9.73. The maximum absolute atomic E-state index is 9.73. The Labute approximate surface area is 92.5 Å². The Kier molecular flexibility index (Phi) is 2.12. The van der Waals surface area contributed by atoms with E-state index in [2.05, 4.69) is 9.97 Å². The minimum absolute atomic E-state index is 0.0349. The Morgan fingerprint density at radius 2 is 2.07 bits per heavy atom. The highest BCUT2D eigenvalue weighted by molar-refractivity contribution is 6.31. The number of fused-ring (bicyclic) bond motifs is 1. The van der Waals surface area contributed by atoms with Crippen molar-refractivity contribution in [2.45, 2.75) is 26.3 Å². The standard InChI is InChI=1S/C10H12ClN3O/c1-10(2,3)14-7-4-6(11)5-12-8(7)13-9(14)15/h4-5H,1-3H3,(H,12,13,15). The van der Waals surface area contributed by atoms with Gasteiger partial charge in [0, 0.05) is 11.7 Å². The lowest BCUT2D eigenvalue weighted by Gasteiger charge is -2.22. The van der Waals surface area contributed by atoms with Crippen molar-refractivity contribution in [2.24, 2.45) is 0 Å². The van der Waals surface area contributed by atoms with Gasteiger partial charge in [0.1, 0.15) is 0 Å². The van der Waals surface area contributed by atoms with E-state index in [0.29, 0.717) is 10.7 Å². The summed E-state index contributed by atoms with van der Waals surface area (Å²) in [4.78, 5) is 8.02. The van der Waals surface area contributed by atoms with Crippen LogP contribution in [0.5, 0.6) is 6.01 Å². The second kappa shape index (κ2) is 3.10. The fraction of sp³-hybridized carbons (Fsp3) is 0.400. The molecule has 0 atom stereocenters. The molecule has 2 aromatic rings. The van der Waals surface area contributed by atoms with Crippen LogP contribution in [-0.4, -0.2) is 19.6 Å². The summed E-state index contributed by atoms with van der Waals surface area (Å²) in [5.74, 6) is 0. The van der Waals surface area contributed by atoms with Crippen LogP contribution >= 0.6 is 11.6 Å². The second-order valence-electron chi connectivity index (χ2n) is 4.41. The third kappa shape index (κ3) is 1.65.